The van der Waals surface area contributed by atoms with Crippen molar-refractivity contribution in [1.82, 2.24) is 15.1 Å². The van der Waals surface area contributed by atoms with Gasteiger partial charge in [-0.15, -0.1) is 0 Å². The maximum absolute atomic E-state index is 13.8. The van der Waals surface area contributed by atoms with Crippen LogP contribution in [-0.2, 0) is 11.3 Å². The summed E-state index contributed by atoms with van der Waals surface area (Å²) in [4.78, 5) is 26.3. The standard InChI is InChI=1S/C26H28ClF2N5O3/c1-3-33-21(10-14-30-33)24(35)32-23(18-8-12-26(28,29)13-9-18)25(36)31-19-6-4-17(5-7-19)22-16(2)34(37)15-11-20(22)27/h4-7,10-11,14-15,18,23H,3,8-9,12-13H2,1-2H3,(H,31,36)(H,32,35)/t23-/m1/s1. The highest BCUT2D eigenvalue weighted by Crippen LogP contribution is 2.38. The molecule has 1 fully saturated rings. The number of hydrogen-bond acceptors (Lipinski definition) is 4. The summed E-state index contributed by atoms with van der Waals surface area (Å²) in [5, 5.41) is 22.0. The number of nitrogens with zero attached hydrogens (tertiary/aromatic N) is 3. The zero-order chi connectivity index (χ0) is 26.7. The van der Waals surface area contributed by atoms with Crippen molar-refractivity contribution in [2.45, 2.75) is 58.0 Å². The first kappa shape index (κ1) is 26.5. The molecule has 2 amide bonds. The summed E-state index contributed by atoms with van der Waals surface area (Å²) < 4.78 is 29.8. The van der Waals surface area contributed by atoms with E-state index in [-0.39, 0.29) is 31.4 Å². The Balaban J connectivity index is 1.54. The molecule has 1 aliphatic carbocycles. The Bertz CT molecular complexity index is 1290. The van der Waals surface area contributed by atoms with Gasteiger partial charge in [-0.05, 0) is 49.4 Å². The van der Waals surface area contributed by atoms with E-state index in [0.717, 1.165) is 4.73 Å². The lowest BCUT2D eigenvalue weighted by molar-refractivity contribution is -0.611. The second kappa shape index (κ2) is 10.8. The SMILES string of the molecule is CCn1nccc1C(=O)N[C@@H](C(=O)Nc1ccc(-c2c(Cl)cc[n+]([O-])c2C)cc1)C1CCC(F)(F)CC1. The third kappa shape index (κ3) is 5.90. The third-order valence-electron chi connectivity index (χ3n) is 6.78. The summed E-state index contributed by atoms with van der Waals surface area (Å²) in [6.45, 7) is 3.96. The topological polar surface area (TPSA) is 103 Å². The fourth-order valence-electron chi connectivity index (χ4n) is 4.68. The molecule has 2 aromatic heterocycles. The molecule has 0 radical (unpaired) electrons. The molecule has 37 heavy (non-hydrogen) atoms. The van der Waals surface area contributed by atoms with Gasteiger partial charge in [-0.2, -0.15) is 9.83 Å². The molecule has 1 aromatic carbocycles. The number of hydrogen-bond donors (Lipinski definition) is 2. The van der Waals surface area contributed by atoms with Crippen LogP contribution in [0.3, 0.4) is 0 Å². The van der Waals surface area contributed by atoms with Crippen LogP contribution in [0.5, 0.6) is 0 Å². The second-order valence-corrected chi connectivity index (χ2v) is 9.60. The van der Waals surface area contributed by atoms with Gasteiger partial charge in [-0.25, -0.2) is 8.78 Å². The maximum atomic E-state index is 13.8. The van der Waals surface area contributed by atoms with Crippen molar-refractivity contribution in [3.05, 3.63) is 70.4 Å². The summed E-state index contributed by atoms with van der Waals surface area (Å²) in [6.07, 6.45) is 2.37. The first-order valence-electron chi connectivity index (χ1n) is 12.1. The summed E-state index contributed by atoms with van der Waals surface area (Å²) in [5.74, 6) is -4.20. The monoisotopic (exact) mass is 531 g/mol. The van der Waals surface area contributed by atoms with Crippen LogP contribution in [0.15, 0.2) is 48.8 Å². The highest BCUT2D eigenvalue weighted by molar-refractivity contribution is 6.33. The van der Waals surface area contributed by atoms with Gasteiger partial charge in [0.25, 0.3) is 5.91 Å². The van der Waals surface area contributed by atoms with E-state index in [2.05, 4.69) is 15.7 Å². The van der Waals surface area contributed by atoms with Gasteiger partial charge in [0, 0.05) is 44.3 Å². The van der Waals surface area contributed by atoms with E-state index in [4.69, 9.17) is 11.6 Å². The van der Waals surface area contributed by atoms with Gasteiger partial charge in [0.1, 0.15) is 11.7 Å². The lowest BCUT2D eigenvalue weighted by Crippen LogP contribution is -2.50. The minimum atomic E-state index is -2.77. The van der Waals surface area contributed by atoms with Gasteiger partial charge in [0.05, 0.1) is 10.6 Å². The Morgan fingerprint density at radius 2 is 1.89 bits per heavy atom. The van der Waals surface area contributed by atoms with E-state index in [1.807, 2.05) is 6.92 Å². The Morgan fingerprint density at radius 3 is 2.54 bits per heavy atom. The zero-order valence-corrected chi connectivity index (χ0v) is 21.3. The van der Waals surface area contributed by atoms with E-state index in [1.54, 1.807) is 37.3 Å². The van der Waals surface area contributed by atoms with Crippen LogP contribution in [-0.4, -0.2) is 33.6 Å². The molecule has 1 saturated carbocycles. The Labute approximate surface area is 218 Å². The number of pyridine rings is 1. The number of carbonyl (C=O) groups excluding carboxylic acids is 2. The molecule has 11 heteroatoms. The number of benzene rings is 1. The van der Waals surface area contributed by atoms with Crippen molar-refractivity contribution in [2.75, 3.05) is 5.32 Å². The Hall–Kier alpha value is -3.53. The Morgan fingerprint density at radius 1 is 1.22 bits per heavy atom. The number of aryl methyl sites for hydroxylation is 1. The molecule has 196 valence electrons. The lowest BCUT2D eigenvalue weighted by Gasteiger charge is -2.33. The molecule has 2 N–H and O–H groups in total. The minimum absolute atomic E-state index is 0.109. The van der Waals surface area contributed by atoms with Crippen molar-refractivity contribution in [3.8, 4) is 11.1 Å². The molecule has 0 bridgehead atoms. The molecule has 8 nitrogen and oxygen atoms in total. The summed E-state index contributed by atoms with van der Waals surface area (Å²) in [5.41, 5.74) is 2.45. The number of halogens is 3. The largest absolute Gasteiger partial charge is 0.618 e. The molecule has 0 unspecified atom stereocenters. The van der Waals surface area contributed by atoms with E-state index in [0.29, 0.717) is 34.1 Å². The van der Waals surface area contributed by atoms with E-state index >= 15 is 0 Å². The molecule has 0 aliphatic heterocycles. The second-order valence-electron chi connectivity index (χ2n) is 9.19. The predicted molar refractivity (Wildman–Crippen MR) is 135 cm³/mol. The van der Waals surface area contributed by atoms with Gasteiger partial charge >= 0.3 is 0 Å². The van der Waals surface area contributed by atoms with Gasteiger partial charge in [0.15, 0.2) is 11.9 Å². The Kier molecular flexibility index (Phi) is 7.77. The number of anilines is 1. The quantitative estimate of drug-likeness (QED) is 0.340. The molecule has 0 saturated heterocycles. The van der Waals surface area contributed by atoms with Crippen molar-refractivity contribution < 1.29 is 23.1 Å². The van der Waals surface area contributed by atoms with E-state index < -0.39 is 29.7 Å². The van der Waals surface area contributed by atoms with Crippen molar-refractivity contribution >= 4 is 29.1 Å². The highest BCUT2D eigenvalue weighted by Gasteiger charge is 2.40. The molecule has 1 aliphatic rings. The fraction of sp³-hybridized carbons (Fsp3) is 0.385. The molecule has 4 rings (SSSR count). The first-order chi connectivity index (χ1) is 17.6. The fourth-order valence-corrected chi connectivity index (χ4v) is 4.99. The van der Waals surface area contributed by atoms with Crippen molar-refractivity contribution in [1.29, 1.82) is 0 Å². The lowest BCUT2D eigenvalue weighted by atomic mass is 9.81. The maximum Gasteiger partial charge on any atom is 0.270 e. The smallest absolute Gasteiger partial charge is 0.270 e. The number of alkyl halides is 2. The van der Waals surface area contributed by atoms with Crippen LogP contribution in [0.1, 0.15) is 48.8 Å². The minimum Gasteiger partial charge on any atom is -0.618 e. The first-order valence-corrected chi connectivity index (χ1v) is 12.5. The summed E-state index contributed by atoms with van der Waals surface area (Å²) in [7, 11) is 0. The van der Waals surface area contributed by atoms with Crippen LogP contribution < -0.4 is 15.4 Å². The van der Waals surface area contributed by atoms with Gasteiger partial charge in [0.2, 0.25) is 11.8 Å². The highest BCUT2D eigenvalue weighted by atomic mass is 35.5. The summed E-state index contributed by atoms with van der Waals surface area (Å²) in [6, 6.07) is 8.81. The van der Waals surface area contributed by atoms with Crippen LogP contribution in [0, 0.1) is 18.0 Å². The van der Waals surface area contributed by atoms with Crippen molar-refractivity contribution in [2.24, 2.45) is 5.92 Å². The molecule has 1 atom stereocenters. The van der Waals surface area contributed by atoms with Gasteiger partial charge < -0.3 is 15.8 Å². The van der Waals surface area contributed by atoms with Crippen LogP contribution in [0.25, 0.3) is 11.1 Å². The predicted octanol–water partition coefficient (Wildman–Crippen LogP) is 4.73. The number of carbonyl (C=O) groups is 2. The number of nitrogens with one attached hydrogen (secondary N) is 2. The van der Waals surface area contributed by atoms with E-state index in [1.165, 1.54) is 23.1 Å². The van der Waals surface area contributed by atoms with E-state index in [9.17, 15) is 23.6 Å². The third-order valence-corrected chi connectivity index (χ3v) is 7.09. The van der Waals surface area contributed by atoms with Crippen LogP contribution in [0.4, 0.5) is 14.5 Å². The van der Waals surface area contributed by atoms with Crippen LogP contribution in [0.2, 0.25) is 5.02 Å². The number of aromatic nitrogens is 3. The summed E-state index contributed by atoms with van der Waals surface area (Å²) >= 11 is 6.30. The average Bonchev–Trinajstić information content (AvgIpc) is 3.35. The normalized spacial score (nSPS) is 16.2. The molecule has 3 aromatic rings. The molecule has 0 spiro atoms. The zero-order valence-electron chi connectivity index (χ0n) is 20.5. The number of rotatable bonds is 7. The van der Waals surface area contributed by atoms with Crippen LogP contribution >= 0.6 is 11.6 Å². The molecular weight excluding hydrogens is 504 g/mol. The molecular formula is C26H28ClF2N5O3. The van der Waals surface area contributed by atoms with Gasteiger partial charge in [-0.3, -0.25) is 14.3 Å². The van der Waals surface area contributed by atoms with Gasteiger partial charge in [-0.1, -0.05) is 23.7 Å². The van der Waals surface area contributed by atoms with Crippen molar-refractivity contribution in [3.63, 3.8) is 0 Å². The molecule has 2 heterocycles. The average molecular weight is 532 g/mol. The number of amides is 2.